The second kappa shape index (κ2) is 8.45. The van der Waals surface area contributed by atoms with Gasteiger partial charge in [0.1, 0.15) is 5.75 Å². The molecule has 1 heterocycles. The van der Waals surface area contributed by atoms with Gasteiger partial charge in [-0.25, -0.2) is 9.78 Å². The van der Waals surface area contributed by atoms with Crippen molar-refractivity contribution in [3.8, 4) is 5.75 Å². The Kier molecular flexibility index (Phi) is 6.50. The molecular formula is C16H11Cl2F3N2O4. The first kappa shape index (κ1) is 20.8. The van der Waals surface area contributed by atoms with Gasteiger partial charge in [-0.1, -0.05) is 23.2 Å². The summed E-state index contributed by atoms with van der Waals surface area (Å²) in [4.78, 5) is 27.9. The monoisotopic (exact) mass is 422 g/mol. The van der Waals surface area contributed by atoms with E-state index in [-0.39, 0.29) is 21.4 Å². The van der Waals surface area contributed by atoms with Crippen LogP contribution in [0.15, 0.2) is 36.5 Å². The van der Waals surface area contributed by atoms with E-state index in [0.717, 1.165) is 24.3 Å². The van der Waals surface area contributed by atoms with Crippen LogP contribution < -0.4 is 10.1 Å². The van der Waals surface area contributed by atoms with Gasteiger partial charge < -0.3 is 14.8 Å². The number of hydrogen-bond acceptors (Lipinski definition) is 5. The molecule has 1 unspecified atom stereocenters. The molecule has 6 nitrogen and oxygen atoms in total. The highest BCUT2D eigenvalue weighted by molar-refractivity contribution is 6.36. The van der Waals surface area contributed by atoms with Gasteiger partial charge in [0.05, 0.1) is 15.6 Å². The molecule has 0 saturated heterocycles. The number of alkyl halides is 3. The molecule has 2 aromatic rings. The fourth-order valence-corrected chi connectivity index (χ4v) is 2.23. The van der Waals surface area contributed by atoms with Crippen LogP contribution in [-0.2, 0) is 9.53 Å². The van der Waals surface area contributed by atoms with E-state index in [0.29, 0.717) is 0 Å². The van der Waals surface area contributed by atoms with Crippen LogP contribution in [0.1, 0.15) is 17.3 Å². The van der Waals surface area contributed by atoms with Gasteiger partial charge >= 0.3 is 12.3 Å². The summed E-state index contributed by atoms with van der Waals surface area (Å²) >= 11 is 11.6. The number of nitrogens with zero attached hydrogens (tertiary/aromatic N) is 1. The van der Waals surface area contributed by atoms with Crippen molar-refractivity contribution in [3.63, 3.8) is 0 Å². The molecule has 0 bridgehead atoms. The van der Waals surface area contributed by atoms with E-state index in [1.165, 1.54) is 19.2 Å². The molecule has 0 aliphatic rings. The molecule has 0 aliphatic heterocycles. The number of pyridine rings is 1. The zero-order chi connectivity index (χ0) is 20.2. The summed E-state index contributed by atoms with van der Waals surface area (Å²) in [6, 6.07) is 5.42. The van der Waals surface area contributed by atoms with Gasteiger partial charge in [0, 0.05) is 6.20 Å². The predicted octanol–water partition coefficient (Wildman–Crippen LogP) is 4.47. The van der Waals surface area contributed by atoms with Crippen molar-refractivity contribution < 1.29 is 32.2 Å². The Morgan fingerprint density at radius 1 is 1.19 bits per heavy atom. The maximum atomic E-state index is 12.1. The van der Waals surface area contributed by atoms with Gasteiger partial charge in [0.25, 0.3) is 5.91 Å². The largest absolute Gasteiger partial charge is 0.573 e. The molecule has 144 valence electrons. The van der Waals surface area contributed by atoms with Crippen LogP contribution in [0.25, 0.3) is 0 Å². The Labute approximate surface area is 161 Å². The summed E-state index contributed by atoms with van der Waals surface area (Å²) in [5.41, 5.74) is -0.0631. The third-order valence-corrected chi connectivity index (χ3v) is 3.52. The molecule has 1 atom stereocenters. The number of esters is 1. The van der Waals surface area contributed by atoms with Crippen molar-refractivity contribution in [2.24, 2.45) is 0 Å². The Hall–Kier alpha value is -2.52. The molecule has 2 rings (SSSR count). The lowest BCUT2D eigenvalue weighted by molar-refractivity contribution is -0.274. The number of anilines is 1. The Morgan fingerprint density at radius 3 is 2.37 bits per heavy atom. The molecule has 1 N–H and O–H groups in total. The minimum Gasteiger partial charge on any atom is -0.449 e. The van der Waals surface area contributed by atoms with E-state index in [4.69, 9.17) is 27.9 Å². The van der Waals surface area contributed by atoms with Crippen molar-refractivity contribution in [2.75, 3.05) is 5.32 Å². The highest BCUT2D eigenvalue weighted by atomic mass is 35.5. The summed E-state index contributed by atoms with van der Waals surface area (Å²) in [5, 5.41) is 2.73. The predicted molar refractivity (Wildman–Crippen MR) is 90.9 cm³/mol. The number of carbonyl (C=O) groups excluding carboxylic acids is 2. The molecule has 0 spiro atoms. The topological polar surface area (TPSA) is 77.5 Å². The Balaban J connectivity index is 1.97. The fraction of sp³-hybridized carbons (Fsp3) is 0.188. The minimum absolute atomic E-state index is 0.0302. The number of halogens is 5. The number of nitrogens with one attached hydrogen (secondary N) is 1. The van der Waals surface area contributed by atoms with Gasteiger partial charge in [0.15, 0.2) is 11.9 Å². The molecule has 0 aliphatic carbocycles. The summed E-state index contributed by atoms with van der Waals surface area (Å²) in [7, 11) is 0. The standard InChI is InChI=1S/C16H11Cl2F3N2O4/c1-8(14(24)23-13-12(18)6-10(17)7-22-13)26-15(25)9-2-4-11(5-3-9)27-16(19,20)21/h2-8H,1H3,(H,22,23,24). The molecule has 1 aromatic heterocycles. The van der Waals surface area contributed by atoms with E-state index >= 15 is 0 Å². The molecule has 0 fully saturated rings. The molecule has 11 heteroatoms. The maximum Gasteiger partial charge on any atom is 0.573 e. The van der Waals surface area contributed by atoms with Crippen LogP contribution in [0.4, 0.5) is 19.0 Å². The summed E-state index contributed by atoms with van der Waals surface area (Å²) in [6.07, 6.45) is -4.80. The third-order valence-electron chi connectivity index (χ3n) is 3.03. The first-order chi connectivity index (χ1) is 12.5. The van der Waals surface area contributed by atoms with Crippen LogP contribution >= 0.6 is 23.2 Å². The van der Waals surface area contributed by atoms with Gasteiger partial charge in [-0.15, -0.1) is 13.2 Å². The molecular weight excluding hydrogens is 412 g/mol. The lowest BCUT2D eigenvalue weighted by Gasteiger charge is -2.14. The number of hydrogen-bond donors (Lipinski definition) is 1. The van der Waals surface area contributed by atoms with Crippen molar-refractivity contribution in [2.45, 2.75) is 19.4 Å². The Morgan fingerprint density at radius 2 is 1.81 bits per heavy atom. The maximum absolute atomic E-state index is 12.1. The first-order valence-electron chi connectivity index (χ1n) is 7.24. The molecule has 0 saturated carbocycles. The molecule has 1 aromatic carbocycles. The summed E-state index contributed by atoms with van der Waals surface area (Å²) in [5.74, 6) is -2.08. The lowest BCUT2D eigenvalue weighted by atomic mass is 10.2. The van der Waals surface area contributed by atoms with Crippen molar-refractivity contribution in [1.82, 2.24) is 4.98 Å². The van der Waals surface area contributed by atoms with Crippen molar-refractivity contribution >= 4 is 40.9 Å². The van der Waals surface area contributed by atoms with Crippen LogP contribution in [0.3, 0.4) is 0 Å². The number of aromatic nitrogens is 1. The number of rotatable bonds is 5. The highest BCUT2D eigenvalue weighted by Crippen LogP contribution is 2.24. The number of benzene rings is 1. The van der Waals surface area contributed by atoms with E-state index in [1.807, 2.05) is 0 Å². The molecule has 1 amide bonds. The van der Waals surface area contributed by atoms with E-state index < -0.39 is 30.1 Å². The lowest BCUT2D eigenvalue weighted by Crippen LogP contribution is -2.30. The smallest absolute Gasteiger partial charge is 0.449 e. The molecule has 0 radical (unpaired) electrons. The zero-order valence-electron chi connectivity index (χ0n) is 13.5. The highest BCUT2D eigenvalue weighted by Gasteiger charge is 2.31. The second-order valence-electron chi connectivity index (χ2n) is 5.09. The van der Waals surface area contributed by atoms with Gasteiger partial charge in [0.2, 0.25) is 0 Å². The number of amides is 1. The van der Waals surface area contributed by atoms with Gasteiger partial charge in [-0.3, -0.25) is 4.79 Å². The van der Waals surface area contributed by atoms with E-state index in [2.05, 4.69) is 15.0 Å². The van der Waals surface area contributed by atoms with Crippen molar-refractivity contribution in [1.29, 1.82) is 0 Å². The number of ether oxygens (including phenoxy) is 2. The first-order valence-corrected chi connectivity index (χ1v) is 7.99. The average molecular weight is 423 g/mol. The van der Waals surface area contributed by atoms with Gasteiger partial charge in [-0.05, 0) is 37.3 Å². The van der Waals surface area contributed by atoms with Crippen LogP contribution in [-0.4, -0.2) is 29.3 Å². The van der Waals surface area contributed by atoms with Crippen LogP contribution in [0, 0.1) is 0 Å². The van der Waals surface area contributed by atoms with Crippen LogP contribution in [0.5, 0.6) is 5.75 Å². The average Bonchev–Trinajstić information content (AvgIpc) is 2.56. The van der Waals surface area contributed by atoms with Gasteiger partial charge in [-0.2, -0.15) is 0 Å². The number of carbonyl (C=O) groups is 2. The normalized spacial score (nSPS) is 12.2. The second-order valence-corrected chi connectivity index (χ2v) is 5.94. The molecule has 27 heavy (non-hydrogen) atoms. The van der Waals surface area contributed by atoms with Crippen LogP contribution in [0.2, 0.25) is 10.0 Å². The Bertz CT molecular complexity index is 845. The van der Waals surface area contributed by atoms with Crippen molar-refractivity contribution in [3.05, 3.63) is 52.1 Å². The minimum atomic E-state index is -4.84. The van der Waals surface area contributed by atoms with E-state index in [1.54, 1.807) is 0 Å². The quantitative estimate of drug-likeness (QED) is 0.719. The third kappa shape index (κ3) is 6.30. The van der Waals surface area contributed by atoms with E-state index in [9.17, 15) is 22.8 Å². The summed E-state index contributed by atoms with van der Waals surface area (Å²) in [6.45, 7) is 1.30. The summed E-state index contributed by atoms with van der Waals surface area (Å²) < 4.78 is 45.0. The fourth-order valence-electron chi connectivity index (χ4n) is 1.80. The SMILES string of the molecule is CC(OC(=O)c1ccc(OC(F)(F)F)cc1)C(=O)Nc1ncc(Cl)cc1Cl. The zero-order valence-corrected chi connectivity index (χ0v) is 15.0.